The summed E-state index contributed by atoms with van der Waals surface area (Å²) in [4.78, 5) is 14.8. The van der Waals surface area contributed by atoms with Crippen LogP contribution in [0, 0.1) is 0 Å². The Morgan fingerprint density at radius 3 is 1.72 bits per heavy atom. The molecule has 0 spiro atoms. The monoisotopic (exact) mass is 662 g/mol. The smallest absolute Gasteiger partial charge is 0.167 e. The van der Waals surface area contributed by atoms with Crippen molar-refractivity contribution in [2.75, 3.05) is 0 Å². The number of nitrogens with zero attached hydrogens (tertiary/aromatic N) is 3. The molecule has 0 saturated carbocycles. The highest BCUT2D eigenvalue weighted by atomic mass is 32.1. The van der Waals surface area contributed by atoms with Crippen LogP contribution in [0.4, 0.5) is 0 Å². The number of furan rings is 1. The van der Waals surface area contributed by atoms with Crippen LogP contribution in [0.25, 0.3) is 98.5 Å². The number of hydrogen-bond donors (Lipinski definition) is 0. The summed E-state index contributed by atoms with van der Waals surface area (Å²) in [6, 6.07) is 42.1. The Morgan fingerprint density at radius 2 is 1.02 bits per heavy atom. The van der Waals surface area contributed by atoms with Crippen molar-refractivity contribution in [2.45, 2.75) is 0 Å². The summed E-state index contributed by atoms with van der Waals surface area (Å²) in [7, 11) is 0. The minimum atomic E-state index is -0.421. The molecule has 234 valence electrons. The zero-order valence-corrected chi connectivity index (χ0v) is 27.2. The molecule has 0 radical (unpaired) electrons. The van der Waals surface area contributed by atoms with Gasteiger partial charge in [0.05, 0.1) is 12.4 Å². The molecule has 0 atom stereocenters. The predicted octanol–water partition coefficient (Wildman–Crippen LogP) is 12.5. The van der Waals surface area contributed by atoms with Gasteiger partial charge >= 0.3 is 0 Å². The summed E-state index contributed by atoms with van der Waals surface area (Å²) in [5, 5.41) is 3.75. The van der Waals surface area contributed by atoms with Gasteiger partial charge in [0.25, 0.3) is 0 Å². The first-order valence-corrected chi connectivity index (χ1v) is 17.0. The van der Waals surface area contributed by atoms with Gasteiger partial charge in [0.15, 0.2) is 17.5 Å². The van der Waals surface area contributed by atoms with Gasteiger partial charge in [0.2, 0.25) is 0 Å². The van der Waals surface area contributed by atoms with E-state index < -0.39 is 6.04 Å². The summed E-state index contributed by atoms with van der Waals surface area (Å²) >= 11 is 1.55. The number of thiophene rings is 1. The maximum Gasteiger partial charge on any atom is 0.167 e. The van der Waals surface area contributed by atoms with E-state index in [2.05, 4.69) is 12.1 Å². The van der Waals surface area contributed by atoms with Crippen molar-refractivity contribution in [3.63, 3.8) is 0 Å². The number of hydrogen-bond acceptors (Lipinski definition) is 5. The van der Waals surface area contributed by atoms with E-state index in [1.165, 1.54) is 0 Å². The van der Waals surface area contributed by atoms with Crippen LogP contribution in [0.3, 0.4) is 0 Å². The van der Waals surface area contributed by atoms with Crippen molar-refractivity contribution in [1.29, 1.82) is 0 Å². The second-order valence-electron chi connectivity index (χ2n) is 12.0. The van der Waals surface area contributed by atoms with Crippen molar-refractivity contribution in [3.8, 4) is 56.4 Å². The van der Waals surface area contributed by atoms with Crippen LogP contribution in [-0.2, 0) is 0 Å². The highest BCUT2D eigenvalue weighted by molar-refractivity contribution is 7.26. The molecule has 3 heterocycles. The van der Waals surface area contributed by atoms with Gasteiger partial charge in [0, 0.05) is 53.2 Å². The van der Waals surface area contributed by atoms with Crippen LogP contribution >= 0.6 is 11.3 Å². The van der Waals surface area contributed by atoms with Crippen molar-refractivity contribution in [3.05, 3.63) is 164 Å². The third kappa shape index (κ3) is 4.71. The van der Waals surface area contributed by atoms with Gasteiger partial charge in [-0.25, -0.2) is 15.0 Å². The van der Waals surface area contributed by atoms with E-state index >= 15 is 0 Å². The van der Waals surface area contributed by atoms with Crippen LogP contribution in [0.5, 0.6) is 0 Å². The molecule has 0 fully saturated rings. The Bertz CT molecular complexity index is 3080. The molecule has 10 rings (SSSR count). The summed E-state index contributed by atoms with van der Waals surface area (Å²) < 4.78 is 51.8. The second-order valence-corrected chi connectivity index (χ2v) is 13.1. The highest BCUT2D eigenvalue weighted by Crippen LogP contribution is 2.45. The van der Waals surface area contributed by atoms with E-state index in [1.54, 1.807) is 11.3 Å². The number of rotatable bonds is 5. The molecule has 0 aliphatic rings. The van der Waals surface area contributed by atoms with E-state index in [1.807, 2.05) is 121 Å². The average Bonchev–Trinajstić information content (AvgIpc) is 3.81. The maximum atomic E-state index is 8.90. The number of fused-ring (bicyclic) bond motifs is 6. The van der Waals surface area contributed by atoms with Gasteiger partial charge in [-0.05, 0) is 35.4 Å². The normalized spacial score (nSPS) is 13.0. The SMILES string of the molecule is [2H]c1c([2H])c([2H])c(-c2cc(-c3cccc4c3oc3c(-c5nc(-c6ccccc6)nc(-c6ccccc6)n5)cccc34)cc3c2sc2ccccc23)c([2H])c1[2H]. The van der Waals surface area contributed by atoms with Gasteiger partial charge in [-0.2, -0.15) is 0 Å². The molecule has 0 aliphatic carbocycles. The lowest BCUT2D eigenvalue weighted by molar-refractivity contribution is 0.670. The zero-order chi connectivity index (χ0) is 37.4. The molecule has 0 amide bonds. The first-order valence-electron chi connectivity index (χ1n) is 18.7. The predicted molar refractivity (Wildman–Crippen MR) is 207 cm³/mol. The Balaban J connectivity index is 1.23. The number of benzene rings is 7. The molecule has 0 saturated heterocycles. The highest BCUT2D eigenvalue weighted by Gasteiger charge is 2.20. The van der Waals surface area contributed by atoms with Crippen LogP contribution in [-0.4, -0.2) is 15.0 Å². The lowest BCUT2D eigenvalue weighted by atomic mass is 9.95. The minimum Gasteiger partial charge on any atom is -0.455 e. The Labute approximate surface area is 299 Å². The van der Waals surface area contributed by atoms with E-state index in [0.29, 0.717) is 34.2 Å². The molecular formula is C45H27N3OS. The van der Waals surface area contributed by atoms with Crippen LogP contribution in [0.15, 0.2) is 168 Å². The van der Waals surface area contributed by atoms with Crippen molar-refractivity contribution >= 4 is 53.4 Å². The Kier molecular flexibility index (Phi) is 5.54. The van der Waals surface area contributed by atoms with Crippen molar-refractivity contribution in [2.24, 2.45) is 0 Å². The molecule has 0 aliphatic heterocycles. The fraction of sp³-hybridized carbons (Fsp3) is 0. The Hall–Kier alpha value is -6.43. The maximum absolute atomic E-state index is 8.90. The van der Waals surface area contributed by atoms with E-state index in [9.17, 15) is 0 Å². The average molecular weight is 663 g/mol. The summed E-state index contributed by atoms with van der Waals surface area (Å²) in [6.45, 7) is 0. The molecule has 7 aromatic carbocycles. The lowest BCUT2D eigenvalue weighted by Gasteiger charge is -2.09. The molecule has 0 unspecified atom stereocenters. The summed E-state index contributed by atoms with van der Waals surface area (Å²) in [5.74, 6) is 1.58. The molecule has 0 bridgehead atoms. The first-order chi connectivity index (χ1) is 26.9. The van der Waals surface area contributed by atoms with Crippen molar-refractivity contribution in [1.82, 2.24) is 15.0 Å². The van der Waals surface area contributed by atoms with Crippen LogP contribution in [0.1, 0.15) is 6.85 Å². The van der Waals surface area contributed by atoms with Crippen LogP contribution < -0.4 is 0 Å². The van der Waals surface area contributed by atoms with Crippen LogP contribution in [0.2, 0.25) is 0 Å². The zero-order valence-electron chi connectivity index (χ0n) is 31.4. The molecule has 3 aromatic heterocycles. The largest absolute Gasteiger partial charge is 0.455 e. The summed E-state index contributed by atoms with van der Waals surface area (Å²) in [6.07, 6.45) is 0. The molecule has 10 aromatic rings. The van der Waals surface area contributed by atoms with Crippen molar-refractivity contribution < 1.29 is 11.3 Å². The van der Waals surface area contributed by atoms with E-state index in [0.717, 1.165) is 58.8 Å². The molecule has 0 N–H and O–H groups in total. The lowest BCUT2D eigenvalue weighted by Crippen LogP contribution is -2.00. The fourth-order valence-corrected chi connectivity index (χ4v) is 7.91. The fourth-order valence-electron chi connectivity index (χ4n) is 6.71. The third-order valence-corrected chi connectivity index (χ3v) is 10.2. The number of aromatic nitrogens is 3. The van der Waals surface area contributed by atoms with Gasteiger partial charge < -0.3 is 4.42 Å². The van der Waals surface area contributed by atoms with Gasteiger partial charge in [-0.15, -0.1) is 11.3 Å². The van der Waals surface area contributed by atoms with E-state index in [-0.39, 0.29) is 29.7 Å². The van der Waals surface area contributed by atoms with Gasteiger partial charge in [0.1, 0.15) is 11.2 Å². The minimum absolute atomic E-state index is 0.168. The Morgan fingerprint density at radius 1 is 0.440 bits per heavy atom. The first kappa shape index (κ1) is 23.8. The molecule has 50 heavy (non-hydrogen) atoms. The molecular weight excluding hydrogens is 631 g/mol. The standard InChI is InChI=1S/C45H27N3OS/c1-4-14-28(15-5-1)37-26-31(27-38-33-20-10-11-25-39(33)50-42(37)38)32-21-12-22-34-35-23-13-24-36(41(35)49-40(32)34)45-47-43(29-16-6-2-7-17-29)46-44(48-45)30-18-8-3-9-19-30/h1-27H/i1D,4D,5D,14D,15D. The summed E-state index contributed by atoms with van der Waals surface area (Å²) in [5.41, 5.74) is 6.07. The molecule has 4 nitrogen and oxygen atoms in total. The van der Waals surface area contributed by atoms with Gasteiger partial charge in [-0.3, -0.25) is 0 Å². The number of para-hydroxylation sites is 2. The third-order valence-electron chi connectivity index (χ3n) is 9.02. The van der Waals surface area contributed by atoms with E-state index in [4.69, 9.17) is 26.2 Å². The second kappa shape index (κ2) is 11.6. The van der Waals surface area contributed by atoms with Gasteiger partial charge in [-0.1, -0.05) is 139 Å². The quantitative estimate of drug-likeness (QED) is 0.184. The molecule has 5 heteroatoms. The topological polar surface area (TPSA) is 51.8 Å².